The van der Waals surface area contributed by atoms with Gasteiger partial charge in [-0.05, 0) is 83.7 Å². The summed E-state index contributed by atoms with van der Waals surface area (Å²) in [4.78, 5) is 28.7. The number of carbonyl (C=O) groups is 2. The number of rotatable bonds is 28. The predicted octanol–water partition coefficient (Wildman–Crippen LogP) is 6.90. The normalized spacial score (nSPS) is 29.2. The number of aliphatic hydroxyl groups is 1. The molecule has 59 heavy (non-hydrogen) atoms. The van der Waals surface area contributed by atoms with Crippen LogP contribution in [0.5, 0.6) is 0 Å². The topological polar surface area (TPSA) is 164 Å². The molecule has 3 saturated heterocycles. The molecule has 0 aromatic carbocycles. The van der Waals surface area contributed by atoms with Crippen LogP contribution in [0.2, 0.25) is 0 Å². The monoisotopic (exact) mass is 830 g/mol. The number of esters is 1. The summed E-state index contributed by atoms with van der Waals surface area (Å²) >= 11 is 0. The molecule has 0 aromatic rings. The summed E-state index contributed by atoms with van der Waals surface area (Å²) in [6.07, 6.45) is 32.1. The molecule has 12 nitrogen and oxygen atoms in total. The maximum absolute atomic E-state index is 14.2. The van der Waals surface area contributed by atoms with Gasteiger partial charge in [0.1, 0.15) is 0 Å². The molecule has 5 rings (SSSR count). The highest BCUT2D eigenvalue weighted by atomic mass is 16.6. The van der Waals surface area contributed by atoms with E-state index in [1.807, 2.05) is 0 Å². The van der Waals surface area contributed by atoms with Crippen molar-refractivity contribution in [1.82, 2.24) is 15.5 Å². The van der Waals surface area contributed by atoms with Crippen LogP contribution >= 0.6 is 0 Å². The lowest BCUT2D eigenvalue weighted by Crippen LogP contribution is -2.76. The number of nitrogens with two attached hydrogens (primary N) is 2. The first kappa shape index (κ1) is 47.8. The van der Waals surface area contributed by atoms with E-state index in [4.69, 9.17) is 25.7 Å². The Morgan fingerprint density at radius 3 is 2.29 bits per heavy atom. The molecule has 338 valence electrons. The molecule has 2 spiro atoms. The van der Waals surface area contributed by atoms with Gasteiger partial charge in [-0.15, -0.1) is 0 Å². The second kappa shape index (κ2) is 25.0. The molecule has 5 aliphatic heterocycles. The Hall–Kier alpha value is -2.25. The van der Waals surface area contributed by atoms with Crippen molar-refractivity contribution in [2.24, 2.45) is 17.4 Å². The second-order valence-electron chi connectivity index (χ2n) is 18.5. The van der Waals surface area contributed by atoms with E-state index < -0.39 is 11.8 Å². The van der Waals surface area contributed by atoms with E-state index >= 15 is 0 Å². The predicted molar refractivity (Wildman–Crippen MR) is 235 cm³/mol. The van der Waals surface area contributed by atoms with Gasteiger partial charge >= 0.3 is 11.9 Å². The SMILES string of the molecule is CC/C=C/[C@@H]1CC[C@]2(C[C@H]3CC[C@H]4[C@@H](C(=O)OCCCCCCCCCCCCCCCC(=O)N(CCCN)CC(O)CCN)[C@@]5(CCC[C@H](CCC)O5)NC(=[N+]34)N2)O1. The molecule has 8 atom stereocenters. The van der Waals surface area contributed by atoms with Gasteiger partial charge in [0, 0.05) is 38.8 Å². The Bertz CT molecular complexity index is 1330. The highest BCUT2D eigenvalue weighted by molar-refractivity contribution is 5.82. The van der Waals surface area contributed by atoms with Crippen molar-refractivity contribution in [1.29, 1.82) is 0 Å². The first-order valence-corrected chi connectivity index (χ1v) is 24.5. The molecule has 1 unspecified atom stereocenters. The molecule has 5 heterocycles. The maximum atomic E-state index is 14.2. The van der Waals surface area contributed by atoms with Crippen LogP contribution in [0.3, 0.4) is 0 Å². The van der Waals surface area contributed by atoms with Crippen molar-refractivity contribution in [2.45, 2.75) is 229 Å². The minimum atomic E-state index is -0.754. The summed E-state index contributed by atoms with van der Waals surface area (Å²) in [5.41, 5.74) is 10.1. The molecule has 0 aliphatic carbocycles. The smallest absolute Gasteiger partial charge is 0.350 e. The van der Waals surface area contributed by atoms with Gasteiger partial charge in [-0.1, -0.05) is 103 Å². The number of amides is 1. The fourth-order valence-corrected chi connectivity index (χ4v) is 10.7. The number of unbranched alkanes of at least 4 members (excludes halogenated alkanes) is 12. The number of nitrogens with zero attached hydrogens (tertiary/aromatic N) is 2. The fraction of sp³-hybridized carbons (Fsp3) is 0.894. The average molecular weight is 830 g/mol. The largest absolute Gasteiger partial charge is 0.465 e. The van der Waals surface area contributed by atoms with E-state index in [1.165, 1.54) is 57.8 Å². The van der Waals surface area contributed by atoms with E-state index in [0.29, 0.717) is 51.7 Å². The molecule has 5 aliphatic rings. The Kier molecular flexibility index (Phi) is 20.3. The summed E-state index contributed by atoms with van der Waals surface area (Å²) in [7, 11) is 0. The van der Waals surface area contributed by atoms with Crippen LogP contribution in [0.1, 0.15) is 187 Å². The lowest BCUT2D eigenvalue weighted by Gasteiger charge is -2.50. The number of hydrogen-bond acceptors (Lipinski definition) is 10. The summed E-state index contributed by atoms with van der Waals surface area (Å²) in [6, 6.07) is 0.408. The summed E-state index contributed by atoms with van der Waals surface area (Å²) in [5.74, 6) is 0.688. The Morgan fingerprint density at radius 1 is 0.898 bits per heavy atom. The van der Waals surface area contributed by atoms with Gasteiger partial charge < -0.3 is 35.7 Å². The van der Waals surface area contributed by atoms with E-state index in [9.17, 15) is 14.7 Å². The van der Waals surface area contributed by atoms with Crippen molar-refractivity contribution in [3.05, 3.63) is 12.2 Å². The number of aliphatic hydroxyl groups excluding tert-OH is 1. The fourth-order valence-electron chi connectivity index (χ4n) is 10.7. The van der Waals surface area contributed by atoms with Gasteiger partial charge in [0.15, 0.2) is 11.6 Å². The van der Waals surface area contributed by atoms with E-state index in [2.05, 4.69) is 41.2 Å². The summed E-state index contributed by atoms with van der Waals surface area (Å²) < 4.78 is 22.4. The lowest BCUT2D eigenvalue weighted by atomic mass is 9.80. The van der Waals surface area contributed by atoms with Crippen LogP contribution < -0.4 is 22.1 Å². The van der Waals surface area contributed by atoms with Crippen LogP contribution in [0.15, 0.2) is 12.2 Å². The zero-order valence-corrected chi connectivity index (χ0v) is 37.3. The Balaban J connectivity index is 0.960. The maximum Gasteiger partial charge on any atom is 0.350 e. The second-order valence-corrected chi connectivity index (χ2v) is 18.5. The zero-order chi connectivity index (χ0) is 41.9. The molecule has 0 bridgehead atoms. The Labute approximate surface area is 357 Å². The standard InChI is InChI=1S/C47H84N6O6/c1-3-5-22-40-27-30-46(58-40)35-37-25-26-41-43(47(51-45(50-46)53(37)41)29-19-23-39(59-47)21-4-2)44(56)57-34-18-16-14-12-10-8-6-7-9-11-13-15-17-24-42(55)52(33-20-31-48)36-38(54)28-32-49/h5,22,37-41,43,54H,3-4,6-21,23-36,48-49H2,1-2H3,(H,50,51)/p+1/b22-5+/t37-,38?,39+,40-,41+,43+,46-,47+/m1/s1. The molecule has 0 saturated carbocycles. The summed E-state index contributed by atoms with van der Waals surface area (Å²) in [5, 5.41) is 17.8. The van der Waals surface area contributed by atoms with Crippen LogP contribution in [0, 0.1) is 5.92 Å². The number of hydrogen-bond donors (Lipinski definition) is 5. The van der Waals surface area contributed by atoms with Gasteiger partial charge in [0.05, 0.1) is 37.0 Å². The highest BCUT2D eigenvalue weighted by Crippen LogP contribution is 2.47. The summed E-state index contributed by atoms with van der Waals surface area (Å²) in [6.45, 7) is 6.79. The third-order valence-corrected chi connectivity index (χ3v) is 13.7. The molecule has 3 fully saturated rings. The molecule has 0 aromatic heterocycles. The van der Waals surface area contributed by atoms with Crippen molar-refractivity contribution < 1.29 is 33.5 Å². The quantitative estimate of drug-likeness (QED) is 0.0243. The van der Waals surface area contributed by atoms with Gasteiger partial charge in [-0.25, -0.2) is 10.6 Å². The van der Waals surface area contributed by atoms with Crippen LogP contribution in [0.25, 0.3) is 0 Å². The van der Waals surface area contributed by atoms with E-state index in [0.717, 1.165) is 109 Å². The van der Waals surface area contributed by atoms with E-state index in [-0.39, 0.29) is 41.8 Å². The van der Waals surface area contributed by atoms with Crippen LogP contribution in [0.4, 0.5) is 0 Å². The first-order valence-electron chi connectivity index (χ1n) is 24.5. The van der Waals surface area contributed by atoms with Crippen molar-refractivity contribution in [3.8, 4) is 0 Å². The van der Waals surface area contributed by atoms with Crippen molar-refractivity contribution in [2.75, 3.05) is 32.8 Å². The number of nitrogens with one attached hydrogen (secondary N) is 2. The number of ether oxygens (including phenoxy) is 3. The van der Waals surface area contributed by atoms with Gasteiger partial charge in [0.2, 0.25) is 11.6 Å². The molecular weight excluding hydrogens is 745 g/mol. The molecule has 7 N–H and O–H groups in total. The molecule has 12 heteroatoms. The number of allylic oxidation sites excluding steroid dienone is 1. The van der Waals surface area contributed by atoms with Crippen LogP contribution in [-0.2, 0) is 23.8 Å². The number of carbonyl (C=O) groups excluding carboxylic acids is 2. The van der Waals surface area contributed by atoms with Gasteiger partial charge in [-0.3, -0.25) is 14.2 Å². The third-order valence-electron chi connectivity index (χ3n) is 13.7. The van der Waals surface area contributed by atoms with Crippen LogP contribution in [-0.4, -0.2) is 107 Å². The molecule has 0 radical (unpaired) electrons. The van der Waals surface area contributed by atoms with Gasteiger partial charge in [0.25, 0.3) is 0 Å². The van der Waals surface area contributed by atoms with Crippen molar-refractivity contribution in [3.63, 3.8) is 0 Å². The minimum Gasteiger partial charge on any atom is -0.465 e. The first-order chi connectivity index (χ1) is 28.8. The third kappa shape index (κ3) is 13.9. The lowest BCUT2D eigenvalue weighted by molar-refractivity contribution is -0.608. The molecular formula is C47H85N6O6+. The van der Waals surface area contributed by atoms with E-state index in [1.54, 1.807) is 4.90 Å². The zero-order valence-electron chi connectivity index (χ0n) is 37.3. The molecule has 1 amide bonds. The average Bonchev–Trinajstić information content (AvgIpc) is 3.82. The van der Waals surface area contributed by atoms with Gasteiger partial charge in [-0.2, -0.15) is 0 Å². The van der Waals surface area contributed by atoms with Crippen molar-refractivity contribution >= 4 is 17.8 Å². The highest BCUT2D eigenvalue weighted by Gasteiger charge is 2.65. The Morgan fingerprint density at radius 2 is 1.61 bits per heavy atom. The number of guanidine groups is 1. The minimum absolute atomic E-state index is 0.0679.